The lowest BCUT2D eigenvalue weighted by atomic mass is 10.1. The normalized spacial score (nSPS) is 16.2. The molecule has 0 saturated carbocycles. The summed E-state index contributed by atoms with van der Waals surface area (Å²) < 4.78 is 1.02. The van der Waals surface area contributed by atoms with Crippen molar-refractivity contribution in [2.45, 2.75) is 19.4 Å². The molecule has 1 aliphatic rings. The molecule has 0 aliphatic carbocycles. The molecule has 0 aromatic heterocycles. The van der Waals surface area contributed by atoms with Gasteiger partial charge in [-0.15, -0.1) is 0 Å². The number of hydrogen-bond acceptors (Lipinski definition) is 3. The van der Waals surface area contributed by atoms with Gasteiger partial charge < -0.3 is 14.9 Å². The van der Waals surface area contributed by atoms with E-state index >= 15 is 0 Å². The van der Waals surface area contributed by atoms with E-state index in [4.69, 9.17) is 0 Å². The third kappa shape index (κ3) is 3.46. The Balaban J connectivity index is 1.96. The van der Waals surface area contributed by atoms with Crippen molar-refractivity contribution in [3.05, 3.63) is 28.2 Å². The third-order valence-corrected chi connectivity index (χ3v) is 4.07. The van der Waals surface area contributed by atoms with E-state index in [0.717, 1.165) is 28.8 Å². The van der Waals surface area contributed by atoms with Crippen LogP contribution in [0.2, 0.25) is 0 Å². The van der Waals surface area contributed by atoms with Gasteiger partial charge in [-0.3, -0.25) is 0 Å². The van der Waals surface area contributed by atoms with Gasteiger partial charge >= 0.3 is 0 Å². The van der Waals surface area contributed by atoms with E-state index in [9.17, 15) is 5.11 Å². The van der Waals surface area contributed by atoms with Crippen molar-refractivity contribution in [2.24, 2.45) is 0 Å². The Bertz CT molecular complexity index is 391. The van der Waals surface area contributed by atoms with Crippen molar-refractivity contribution in [3.63, 3.8) is 0 Å². The fourth-order valence-electron chi connectivity index (χ4n) is 2.47. The molecule has 1 N–H and O–H groups in total. The van der Waals surface area contributed by atoms with Gasteiger partial charge in [-0.25, -0.2) is 0 Å². The molecule has 0 spiro atoms. The Kier molecular flexibility index (Phi) is 5.03. The molecule has 4 heteroatoms. The highest BCUT2D eigenvalue weighted by Crippen LogP contribution is 2.24. The average Bonchev–Trinajstić information content (AvgIpc) is 2.88. The van der Waals surface area contributed by atoms with Gasteiger partial charge in [-0.2, -0.15) is 0 Å². The highest BCUT2D eigenvalue weighted by Gasteiger charge is 2.13. The first-order valence-electron chi connectivity index (χ1n) is 6.53. The molecule has 0 bridgehead atoms. The Morgan fingerprint density at radius 2 is 2.06 bits per heavy atom. The van der Waals surface area contributed by atoms with Gasteiger partial charge in [0.05, 0.1) is 6.61 Å². The molecule has 1 aliphatic heterocycles. The summed E-state index contributed by atoms with van der Waals surface area (Å²) in [5.74, 6) is 0. The number of likely N-dealkylation sites (N-methyl/N-ethyl adjacent to an activating group) is 1. The molecule has 18 heavy (non-hydrogen) atoms. The topological polar surface area (TPSA) is 26.7 Å². The molecular formula is C14H21BrN2O. The van der Waals surface area contributed by atoms with E-state index in [0.29, 0.717) is 0 Å². The first-order valence-corrected chi connectivity index (χ1v) is 7.33. The number of rotatable bonds is 5. The second-order valence-corrected chi connectivity index (χ2v) is 5.82. The molecule has 0 unspecified atom stereocenters. The summed E-state index contributed by atoms with van der Waals surface area (Å²) in [5.41, 5.74) is 2.10. The molecule has 0 amide bonds. The van der Waals surface area contributed by atoms with Gasteiger partial charge in [-0.05, 0) is 44.1 Å². The molecule has 0 radical (unpaired) electrons. The molecule has 1 fully saturated rings. The predicted octanol–water partition coefficient (Wildman–Crippen LogP) is 2.47. The van der Waals surface area contributed by atoms with Crippen molar-refractivity contribution in [2.75, 3.05) is 38.1 Å². The first-order chi connectivity index (χ1) is 8.70. The summed E-state index contributed by atoms with van der Waals surface area (Å²) in [6, 6.07) is 6.09. The molecular weight excluding hydrogens is 292 g/mol. The van der Waals surface area contributed by atoms with Crippen molar-refractivity contribution in [1.82, 2.24) is 4.90 Å². The Morgan fingerprint density at radius 3 is 2.72 bits per heavy atom. The quantitative estimate of drug-likeness (QED) is 0.905. The zero-order valence-electron chi connectivity index (χ0n) is 10.9. The van der Waals surface area contributed by atoms with Crippen LogP contribution in [-0.4, -0.2) is 43.2 Å². The summed E-state index contributed by atoms with van der Waals surface area (Å²) in [5, 5.41) is 9.41. The van der Waals surface area contributed by atoms with Crippen molar-refractivity contribution in [1.29, 1.82) is 0 Å². The highest BCUT2D eigenvalue weighted by atomic mass is 79.9. The summed E-state index contributed by atoms with van der Waals surface area (Å²) in [6.07, 6.45) is 2.67. The minimum Gasteiger partial charge on any atom is -0.392 e. The van der Waals surface area contributed by atoms with E-state index in [1.165, 1.54) is 25.9 Å². The van der Waals surface area contributed by atoms with Crippen molar-refractivity contribution < 1.29 is 5.11 Å². The summed E-state index contributed by atoms with van der Waals surface area (Å²) >= 11 is 3.44. The Morgan fingerprint density at radius 1 is 1.33 bits per heavy atom. The van der Waals surface area contributed by atoms with Crippen LogP contribution in [0.15, 0.2) is 22.7 Å². The summed E-state index contributed by atoms with van der Waals surface area (Å²) in [7, 11) is 2.10. The van der Waals surface area contributed by atoms with Crippen LogP contribution in [0.25, 0.3) is 0 Å². The number of aliphatic hydroxyl groups is 1. The van der Waals surface area contributed by atoms with E-state index < -0.39 is 0 Å². The molecule has 1 aromatic carbocycles. The van der Waals surface area contributed by atoms with Crippen LogP contribution in [0.3, 0.4) is 0 Å². The third-order valence-electron chi connectivity index (χ3n) is 3.57. The monoisotopic (exact) mass is 312 g/mol. The van der Waals surface area contributed by atoms with Gasteiger partial charge in [0.25, 0.3) is 0 Å². The zero-order valence-corrected chi connectivity index (χ0v) is 12.5. The molecule has 0 atom stereocenters. The summed E-state index contributed by atoms with van der Waals surface area (Å²) in [6.45, 7) is 4.68. The van der Waals surface area contributed by atoms with Gasteiger partial charge in [0, 0.05) is 35.9 Å². The fourth-order valence-corrected chi connectivity index (χ4v) is 2.88. The molecule has 1 aromatic rings. The number of hydrogen-bond donors (Lipinski definition) is 1. The number of benzene rings is 1. The molecule has 2 rings (SSSR count). The number of nitrogens with zero attached hydrogens (tertiary/aromatic N) is 2. The fraction of sp³-hybridized carbons (Fsp3) is 0.571. The maximum atomic E-state index is 9.41. The van der Waals surface area contributed by atoms with E-state index in [2.05, 4.69) is 38.8 Å². The number of anilines is 1. The smallest absolute Gasteiger partial charge is 0.0702 e. The molecule has 1 saturated heterocycles. The second-order valence-electron chi connectivity index (χ2n) is 4.90. The second kappa shape index (κ2) is 6.55. The van der Waals surface area contributed by atoms with E-state index in [-0.39, 0.29) is 6.61 Å². The van der Waals surface area contributed by atoms with E-state index in [1.54, 1.807) is 0 Å². The Labute approximate surface area is 118 Å². The average molecular weight is 313 g/mol. The first kappa shape index (κ1) is 13.8. The molecule has 3 nitrogen and oxygen atoms in total. The lowest BCUT2D eigenvalue weighted by molar-refractivity contribution is 0.282. The molecule has 100 valence electrons. The maximum absolute atomic E-state index is 9.41. The molecule has 1 heterocycles. The van der Waals surface area contributed by atoms with Crippen LogP contribution in [0.5, 0.6) is 0 Å². The van der Waals surface area contributed by atoms with Crippen LogP contribution >= 0.6 is 15.9 Å². The van der Waals surface area contributed by atoms with Gasteiger partial charge in [-0.1, -0.05) is 15.9 Å². The van der Waals surface area contributed by atoms with Crippen LogP contribution in [0, 0.1) is 0 Å². The number of aliphatic hydroxyl groups excluding tert-OH is 1. The van der Waals surface area contributed by atoms with Crippen molar-refractivity contribution >= 4 is 21.6 Å². The van der Waals surface area contributed by atoms with Gasteiger partial charge in [0.15, 0.2) is 0 Å². The minimum atomic E-state index is 0.0861. The standard InChI is InChI=1S/C14H21BrN2O/c1-16(8-9-17-6-2-3-7-17)14-5-4-13(15)10-12(14)11-18/h4-5,10,18H,2-3,6-9,11H2,1H3. The van der Waals surface area contributed by atoms with Crippen LogP contribution in [0.1, 0.15) is 18.4 Å². The van der Waals surface area contributed by atoms with E-state index in [1.807, 2.05) is 12.1 Å². The van der Waals surface area contributed by atoms with Crippen LogP contribution in [-0.2, 0) is 6.61 Å². The lowest BCUT2D eigenvalue weighted by Crippen LogP contribution is -2.31. The van der Waals surface area contributed by atoms with Gasteiger partial charge in [0.2, 0.25) is 0 Å². The largest absolute Gasteiger partial charge is 0.392 e. The maximum Gasteiger partial charge on any atom is 0.0702 e. The van der Waals surface area contributed by atoms with Gasteiger partial charge in [0.1, 0.15) is 0 Å². The minimum absolute atomic E-state index is 0.0861. The summed E-state index contributed by atoms with van der Waals surface area (Å²) in [4.78, 5) is 4.74. The number of likely N-dealkylation sites (tertiary alicyclic amines) is 1. The number of halogens is 1. The SMILES string of the molecule is CN(CCN1CCCC1)c1ccc(Br)cc1CO. The van der Waals surface area contributed by atoms with Crippen molar-refractivity contribution in [3.8, 4) is 0 Å². The van der Waals surface area contributed by atoms with Crippen LogP contribution in [0.4, 0.5) is 5.69 Å². The highest BCUT2D eigenvalue weighted by molar-refractivity contribution is 9.10. The zero-order chi connectivity index (χ0) is 13.0. The predicted molar refractivity (Wildman–Crippen MR) is 79.0 cm³/mol. The van der Waals surface area contributed by atoms with Crippen LogP contribution < -0.4 is 4.90 Å². The lowest BCUT2D eigenvalue weighted by Gasteiger charge is -2.25. The Hall–Kier alpha value is -0.580.